The summed E-state index contributed by atoms with van der Waals surface area (Å²) in [5, 5.41) is 0. The fourth-order valence-electron chi connectivity index (χ4n) is 2.67. The van der Waals surface area contributed by atoms with Crippen molar-refractivity contribution in [1.82, 2.24) is 0 Å². The third kappa shape index (κ3) is 3.09. The number of aryl methyl sites for hydroxylation is 1. The fraction of sp³-hybridized carbons (Fsp3) is 0.562. The Kier molecular flexibility index (Phi) is 4.46. The number of benzene rings is 1. The van der Waals surface area contributed by atoms with Crippen LogP contribution in [0.3, 0.4) is 0 Å². The van der Waals surface area contributed by atoms with Crippen LogP contribution in [0.1, 0.15) is 50.2 Å². The summed E-state index contributed by atoms with van der Waals surface area (Å²) < 4.78 is 0. The molecular formula is C16H24N2O. The molecule has 0 saturated heterocycles. The van der Waals surface area contributed by atoms with Crippen LogP contribution in [-0.4, -0.2) is 12.5 Å². The standard InChI is InChI=1S/C16H24N2O/c1-3-4-5-6-7-16(19)18-9-8-13-10-12(2)14(17)11-15(13)18/h10-11H,3-9,17H2,1-2H3. The maximum Gasteiger partial charge on any atom is 0.226 e. The zero-order valence-electron chi connectivity index (χ0n) is 12.0. The van der Waals surface area contributed by atoms with Crippen LogP contribution in [0.4, 0.5) is 11.4 Å². The second-order valence-electron chi connectivity index (χ2n) is 5.44. The molecule has 0 radical (unpaired) electrons. The Morgan fingerprint density at radius 3 is 2.84 bits per heavy atom. The molecule has 104 valence electrons. The Morgan fingerprint density at radius 2 is 2.11 bits per heavy atom. The highest BCUT2D eigenvalue weighted by atomic mass is 16.2. The highest BCUT2D eigenvalue weighted by Crippen LogP contribution is 2.32. The quantitative estimate of drug-likeness (QED) is 0.651. The van der Waals surface area contributed by atoms with E-state index in [1.807, 2.05) is 17.9 Å². The third-order valence-electron chi connectivity index (χ3n) is 3.91. The molecule has 0 unspecified atom stereocenters. The maximum atomic E-state index is 12.3. The number of nitrogen functional groups attached to an aromatic ring is 1. The van der Waals surface area contributed by atoms with E-state index in [4.69, 9.17) is 5.73 Å². The first-order chi connectivity index (χ1) is 9.13. The van der Waals surface area contributed by atoms with Crippen LogP contribution in [0.5, 0.6) is 0 Å². The molecule has 1 aromatic rings. The van der Waals surface area contributed by atoms with E-state index >= 15 is 0 Å². The van der Waals surface area contributed by atoms with Gasteiger partial charge in [0.05, 0.1) is 0 Å². The Balaban J connectivity index is 2.01. The van der Waals surface area contributed by atoms with E-state index in [0.717, 1.165) is 42.7 Å². The molecule has 1 aliphatic rings. The van der Waals surface area contributed by atoms with Crippen LogP contribution in [0.2, 0.25) is 0 Å². The minimum Gasteiger partial charge on any atom is -0.398 e. The van der Waals surface area contributed by atoms with E-state index in [2.05, 4.69) is 13.0 Å². The third-order valence-corrected chi connectivity index (χ3v) is 3.91. The summed E-state index contributed by atoms with van der Waals surface area (Å²) in [5.41, 5.74) is 10.1. The molecule has 0 atom stereocenters. The molecule has 0 fully saturated rings. The monoisotopic (exact) mass is 260 g/mol. The van der Waals surface area contributed by atoms with Crippen LogP contribution in [-0.2, 0) is 11.2 Å². The number of fused-ring (bicyclic) bond motifs is 1. The van der Waals surface area contributed by atoms with Gasteiger partial charge < -0.3 is 10.6 Å². The number of unbranched alkanes of at least 4 members (excludes halogenated alkanes) is 3. The van der Waals surface area contributed by atoms with Crippen molar-refractivity contribution in [3.8, 4) is 0 Å². The van der Waals surface area contributed by atoms with Crippen molar-refractivity contribution < 1.29 is 4.79 Å². The van der Waals surface area contributed by atoms with E-state index in [9.17, 15) is 4.79 Å². The Labute approximate surface area is 115 Å². The predicted octanol–water partition coefficient (Wildman–Crippen LogP) is 3.44. The first-order valence-corrected chi connectivity index (χ1v) is 7.33. The Morgan fingerprint density at radius 1 is 1.32 bits per heavy atom. The van der Waals surface area contributed by atoms with Crippen LogP contribution >= 0.6 is 0 Å². The maximum absolute atomic E-state index is 12.3. The summed E-state index contributed by atoms with van der Waals surface area (Å²) in [6.07, 6.45) is 6.19. The smallest absolute Gasteiger partial charge is 0.226 e. The molecule has 1 aromatic carbocycles. The lowest BCUT2D eigenvalue weighted by molar-refractivity contribution is -0.118. The lowest BCUT2D eigenvalue weighted by Gasteiger charge is -2.18. The lowest BCUT2D eigenvalue weighted by atomic mass is 10.1. The minimum absolute atomic E-state index is 0.248. The van der Waals surface area contributed by atoms with Gasteiger partial charge in [0.15, 0.2) is 0 Å². The molecule has 3 nitrogen and oxygen atoms in total. The average molecular weight is 260 g/mol. The normalized spacial score (nSPS) is 13.7. The molecule has 0 spiro atoms. The van der Waals surface area contributed by atoms with Gasteiger partial charge in [-0.05, 0) is 37.0 Å². The SMILES string of the molecule is CCCCCCC(=O)N1CCc2cc(C)c(N)cc21. The number of carbonyl (C=O) groups excluding carboxylic acids is 1. The van der Waals surface area contributed by atoms with E-state index < -0.39 is 0 Å². The minimum atomic E-state index is 0.248. The van der Waals surface area contributed by atoms with Gasteiger partial charge in [-0.2, -0.15) is 0 Å². The first kappa shape index (κ1) is 13.9. The second kappa shape index (κ2) is 6.09. The number of hydrogen-bond donors (Lipinski definition) is 1. The number of nitrogens with two attached hydrogens (primary N) is 1. The van der Waals surface area contributed by atoms with Crippen LogP contribution in [0.15, 0.2) is 12.1 Å². The number of nitrogens with zero attached hydrogens (tertiary/aromatic N) is 1. The zero-order chi connectivity index (χ0) is 13.8. The number of amides is 1. The molecule has 0 bridgehead atoms. The topological polar surface area (TPSA) is 46.3 Å². The largest absolute Gasteiger partial charge is 0.398 e. The summed E-state index contributed by atoms with van der Waals surface area (Å²) in [4.78, 5) is 14.2. The van der Waals surface area contributed by atoms with Gasteiger partial charge in [0.25, 0.3) is 0 Å². The van der Waals surface area contributed by atoms with Gasteiger partial charge in [0.2, 0.25) is 5.91 Å². The number of anilines is 2. The Hall–Kier alpha value is -1.51. The molecule has 0 aromatic heterocycles. The van der Waals surface area contributed by atoms with Gasteiger partial charge in [-0.25, -0.2) is 0 Å². The van der Waals surface area contributed by atoms with Crippen LogP contribution in [0.25, 0.3) is 0 Å². The number of rotatable bonds is 5. The molecule has 1 heterocycles. The average Bonchev–Trinajstić information content (AvgIpc) is 2.78. The predicted molar refractivity (Wildman–Crippen MR) is 80.4 cm³/mol. The summed E-state index contributed by atoms with van der Waals surface area (Å²) in [6, 6.07) is 4.08. The van der Waals surface area contributed by atoms with Gasteiger partial charge >= 0.3 is 0 Å². The summed E-state index contributed by atoms with van der Waals surface area (Å²) in [7, 11) is 0. The summed E-state index contributed by atoms with van der Waals surface area (Å²) >= 11 is 0. The van der Waals surface area contributed by atoms with E-state index in [0.29, 0.717) is 6.42 Å². The molecule has 2 N–H and O–H groups in total. The molecule has 0 saturated carbocycles. The van der Waals surface area contributed by atoms with E-state index in [1.165, 1.54) is 18.4 Å². The van der Waals surface area contributed by atoms with Gasteiger partial charge in [-0.15, -0.1) is 0 Å². The number of hydrogen-bond acceptors (Lipinski definition) is 2. The van der Waals surface area contributed by atoms with Crippen molar-refractivity contribution in [3.63, 3.8) is 0 Å². The number of carbonyl (C=O) groups is 1. The summed E-state index contributed by atoms with van der Waals surface area (Å²) in [6.45, 7) is 5.01. The van der Waals surface area contributed by atoms with Crippen molar-refractivity contribution >= 4 is 17.3 Å². The van der Waals surface area contributed by atoms with Crippen molar-refractivity contribution in [1.29, 1.82) is 0 Å². The molecule has 0 aliphatic carbocycles. The molecule has 3 heteroatoms. The van der Waals surface area contributed by atoms with Gasteiger partial charge in [-0.1, -0.05) is 32.3 Å². The van der Waals surface area contributed by atoms with Crippen molar-refractivity contribution in [2.24, 2.45) is 0 Å². The fourth-order valence-corrected chi connectivity index (χ4v) is 2.67. The molecule has 1 aliphatic heterocycles. The van der Waals surface area contributed by atoms with Crippen molar-refractivity contribution in [2.75, 3.05) is 17.2 Å². The van der Waals surface area contributed by atoms with Gasteiger partial charge in [-0.3, -0.25) is 4.79 Å². The van der Waals surface area contributed by atoms with Gasteiger partial charge in [0, 0.05) is 24.3 Å². The molecule has 19 heavy (non-hydrogen) atoms. The van der Waals surface area contributed by atoms with E-state index in [1.54, 1.807) is 0 Å². The molecular weight excluding hydrogens is 236 g/mol. The Bertz CT molecular complexity index is 468. The van der Waals surface area contributed by atoms with Crippen LogP contribution in [0, 0.1) is 6.92 Å². The highest BCUT2D eigenvalue weighted by molar-refractivity contribution is 5.96. The zero-order valence-corrected chi connectivity index (χ0v) is 12.0. The summed E-state index contributed by atoms with van der Waals surface area (Å²) in [5.74, 6) is 0.248. The van der Waals surface area contributed by atoms with Crippen molar-refractivity contribution in [2.45, 2.75) is 52.4 Å². The lowest BCUT2D eigenvalue weighted by Crippen LogP contribution is -2.28. The highest BCUT2D eigenvalue weighted by Gasteiger charge is 2.24. The molecule has 1 amide bonds. The van der Waals surface area contributed by atoms with Gasteiger partial charge in [0.1, 0.15) is 0 Å². The second-order valence-corrected chi connectivity index (χ2v) is 5.44. The molecule has 2 rings (SSSR count). The van der Waals surface area contributed by atoms with E-state index in [-0.39, 0.29) is 5.91 Å². The van der Waals surface area contributed by atoms with Crippen LogP contribution < -0.4 is 10.6 Å². The van der Waals surface area contributed by atoms with Crippen molar-refractivity contribution in [3.05, 3.63) is 23.3 Å². The first-order valence-electron chi connectivity index (χ1n) is 7.33.